The van der Waals surface area contributed by atoms with Crippen LogP contribution in [0.15, 0.2) is 12.1 Å². The number of benzene rings is 1. The van der Waals surface area contributed by atoms with E-state index in [-0.39, 0.29) is 11.9 Å². The molecular weight excluding hydrogens is 273 g/mol. The maximum atomic E-state index is 7.79. The zero-order valence-corrected chi connectivity index (χ0v) is 11.7. The van der Waals surface area contributed by atoms with Gasteiger partial charge in [0.1, 0.15) is 0 Å². The molecule has 1 rings (SSSR count). The Balaban J connectivity index is 3.15. The summed E-state index contributed by atoms with van der Waals surface area (Å²) in [4.78, 5) is 1.53. The number of guanidine groups is 2. The highest BCUT2D eigenvalue weighted by Crippen LogP contribution is 2.32. The lowest BCUT2D eigenvalue weighted by atomic mass is 10.1. The van der Waals surface area contributed by atoms with Crippen molar-refractivity contribution in [3.05, 3.63) is 27.7 Å². The van der Waals surface area contributed by atoms with Crippen LogP contribution in [0.1, 0.15) is 12.5 Å². The van der Waals surface area contributed by atoms with Gasteiger partial charge in [0.2, 0.25) is 5.96 Å². The Morgan fingerprint density at radius 3 is 2.50 bits per heavy atom. The molecule has 7 heteroatoms. The molecule has 0 aliphatic rings. The lowest BCUT2D eigenvalue weighted by molar-refractivity contribution is 1.07. The molecule has 0 radical (unpaired) electrons. The molecule has 0 saturated heterocycles. The van der Waals surface area contributed by atoms with E-state index in [0.29, 0.717) is 15.7 Å². The average molecular weight is 288 g/mol. The van der Waals surface area contributed by atoms with Crippen LogP contribution in [0, 0.1) is 10.8 Å². The monoisotopic (exact) mass is 287 g/mol. The SMILES string of the molecule is CCc1cc(Cl)cc(Cl)c1N(C)C(=N)NC(=N)N. The third kappa shape index (κ3) is 3.27. The molecule has 0 amide bonds. The number of hydrogen-bond acceptors (Lipinski definition) is 2. The highest BCUT2D eigenvalue weighted by atomic mass is 35.5. The van der Waals surface area contributed by atoms with Gasteiger partial charge in [-0.05, 0) is 24.1 Å². The summed E-state index contributed by atoms with van der Waals surface area (Å²) in [5, 5.41) is 18.3. The van der Waals surface area contributed by atoms with Gasteiger partial charge in [0.05, 0.1) is 10.7 Å². The second kappa shape index (κ2) is 5.93. The average Bonchev–Trinajstić information content (AvgIpc) is 2.26. The summed E-state index contributed by atoms with van der Waals surface area (Å²) in [6.45, 7) is 1.97. The molecule has 1 aromatic rings. The van der Waals surface area contributed by atoms with E-state index in [2.05, 4.69) is 5.32 Å². The van der Waals surface area contributed by atoms with Crippen molar-refractivity contribution >= 4 is 40.8 Å². The smallest absolute Gasteiger partial charge is 0.202 e. The molecule has 0 heterocycles. The molecule has 0 aliphatic heterocycles. The summed E-state index contributed by atoms with van der Waals surface area (Å²) in [5.41, 5.74) is 6.80. The predicted octanol–water partition coefficient (Wildman–Crippen LogP) is 2.41. The number of nitrogens with zero attached hydrogens (tertiary/aromatic N) is 1. The first kappa shape index (κ1) is 14.6. The van der Waals surface area contributed by atoms with Crippen molar-refractivity contribution in [3.8, 4) is 0 Å². The molecule has 5 nitrogen and oxygen atoms in total. The molecule has 1 aromatic carbocycles. The minimum atomic E-state index is -0.296. The molecule has 98 valence electrons. The van der Waals surface area contributed by atoms with Crippen molar-refractivity contribution in [2.24, 2.45) is 5.73 Å². The summed E-state index contributed by atoms with van der Waals surface area (Å²) in [7, 11) is 1.67. The molecule has 18 heavy (non-hydrogen) atoms. The van der Waals surface area contributed by atoms with Crippen LogP contribution in [0.2, 0.25) is 10.0 Å². The van der Waals surface area contributed by atoms with Crippen LogP contribution < -0.4 is 16.0 Å². The lowest BCUT2D eigenvalue weighted by Crippen LogP contribution is -2.44. The van der Waals surface area contributed by atoms with Gasteiger partial charge in [0, 0.05) is 12.1 Å². The number of nitrogens with one attached hydrogen (secondary N) is 3. The van der Waals surface area contributed by atoms with Crippen molar-refractivity contribution in [1.29, 1.82) is 10.8 Å². The van der Waals surface area contributed by atoms with Crippen LogP contribution in [-0.4, -0.2) is 19.0 Å². The van der Waals surface area contributed by atoms with Gasteiger partial charge in [-0.3, -0.25) is 16.1 Å². The van der Waals surface area contributed by atoms with E-state index < -0.39 is 0 Å². The lowest BCUT2D eigenvalue weighted by Gasteiger charge is -2.24. The molecule has 5 N–H and O–H groups in total. The van der Waals surface area contributed by atoms with E-state index in [1.165, 1.54) is 4.90 Å². The molecule has 0 spiro atoms. The summed E-state index contributed by atoms with van der Waals surface area (Å²) < 4.78 is 0. The first-order valence-corrected chi connectivity index (χ1v) is 6.03. The Morgan fingerprint density at radius 2 is 2.00 bits per heavy atom. The minimum absolute atomic E-state index is 0.0265. The Hall–Kier alpha value is -1.46. The normalized spacial score (nSPS) is 10.0. The zero-order chi connectivity index (χ0) is 13.9. The quantitative estimate of drug-likeness (QED) is 0.497. The van der Waals surface area contributed by atoms with Crippen LogP contribution in [0.25, 0.3) is 0 Å². The van der Waals surface area contributed by atoms with Gasteiger partial charge >= 0.3 is 0 Å². The summed E-state index contributed by atoms with van der Waals surface area (Å²) in [6.07, 6.45) is 0.729. The van der Waals surface area contributed by atoms with Crippen LogP contribution >= 0.6 is 23.2 Å². The highest BCUT2D eigenvalue weighted by molar-refractivity contribution is 6.37. The van der Waals surface area contributed by atoms with Gasteiger partial charge in [-0.15, -0.1) is 0 Å². The number of aryl methyl sites for hydroxylation is 1. The van der Waals surface area contributed by atoms with Gasteiger partial charge in [-0.25, -0.2) is 0 Å². The van der Waals surface area contributed by atoms with Gasteiger partial charge in [-0.2, -0.15) is 0 Å². The van der Waals surface area contributed by atoms with E-state index in [9.17, 15) is 0 Å². The van der Waals surface area contributed by atoms with Crippen LogP contribution in [0.5, 0.6) is 0 Å². The van der Waals surface area contributed by atoms with Crippen LogP contribution in [0.4, 0.5) is 5.69 Å². The van der Waals surface area contributed by atoms with Crippen molar-refractivity contribution in [3.63, 3.8) is 0 Å². The first-order valence-electron chi connectivity index (χ1n) is 5.28. The van der Waals surface area contributed by atoms with Crippen LogP contribution in [-0.2, 0) is 6.42 Å². The maximum absolute atomic E-state index is 7.79. The molecule has 0 fully saturated rings. The minimum Gasteiger partial charge on any atom is -0.370 e. The number of rotatable bonds is 2. The van der Waals surface area contributed by atoms with Gasteiger partial charge in [0.15, 0.2) is 5.96 Å². The summed E-state index contributed by atoms with van der Waals surface area (Å²) >= 11 is 12.1. The fourth-order valence-electron chi connectivity index (χ4n) is 1.59. The van der Waals surface area contributed by atoms with Gasteiger partial charge in [0.25, 0.3) is 0 Å². The molecule has 0 atom stereocenters. The topological polar surface area (TPSA) is 89.0 Å². The van der Waals surface area contributed by atoms with Gasteiger partial charge < -0.3 is 10.6 Å². The van der Waals surface area contributed by atoms with E-state index in [1.807, 2.05) is 6.92 Å². The molecule has 0 bridgehead atoms. The van der Waals surface area contributed by atoms with Gasteiger partial charge in [-0.1, -0.05) is 30.1 Å². The standard InChI is InChI=1S/C11H15Cl2N5/c1-3-6-4-7(12)5-8(13)9(6)18(2)11(16)17-10(14)15/h4-5H,3H2,1-2H3,(H5,14,15,16,17). The fourth-order valence-corrected chi connectivity index (χ4v) is 2.25. The van der Waals surface area contributed by atoms with Crippen LogP contribution in [0.3, 0.4) is 0 Å². The Labute approximate surface area is 116 Å². The number of halogens is 2. The Morgan fingerprint density at radius 1 is 1.39 bits per heavy atom. The maximum Gasteiger partial charge on any atom is 0.202 e. The number of anilines is 1. The molecular formula is C11H15Cl2N5. The predicted molar refractivity (Wildman–Crippen MR) is 77.0 cm³/mol. The van der Waals surface area contributed by atoms with Crippen molar-refractivity contribution in [2.75, 3.05) is 11.9 Å². The zero-order valence-electron chi connectivity index (χ0n) is 10.1. The second-order valence-corrected chi connectivity index (χ2v) is 4.54. The second-order valence-electron chi connectivity index (χ2n) is 3.70. The molecule has 0 saturated carbocycles. The fraction of sp³-hybridized carbons (Fsp3) is 0.273. The first-order chi connectivity index (χ1) is 8.36. The Kier molecular flexibility index (Phi) is 4.81. The third-order valence-corrected chi connectivity index (χ3v) is 2.92. The molecule has 0 unspecified atom stereocenters. The largest absolute Gasteiger partial charge is 0.370 e. The molecule has 0 aromatic heterocycles. The number of hydrogen-bond donors (Lipinski definition) is 4. The summed E-state index contributed by atoms with van der Waals surface area (Å²) in [6, 6.07) is 3.43. The highest BCUT2D eigenvalue weighted by Gasteiger charge is 2.16. The van der Waals surface area contributed by atoms with Crippen molar-refractivity contribution < 1.29 is 0 Å². The van der Waals surface area contributed by atoms with Crippen molar-refractivity contribution in [2.45, 2.75) is 13.3 Å². The van der Waals surface area contributed by atoms with E-state index >= 15 is 0 Å². The van der Waals surface area contributed by atoms with Crippen molar-refractivity contribution in [1.82, 2.24) is 5.32 Å². The van der Waals surface area contributed by atoms with E-state index in [0.717, 1.165) is 12.0 Å². The van der Waals surface area contributed by atoms with E-state index in [1.54, 1.807) is 19.2 Å². The third-order valence-electron chi connectivity index (χ3n) is 2.41. The summed E-state index contributed by atoms with van der Waals surface area (Å²) in [5.74, 6) is -0.323. The number of nitrogens with two attached hydrogens (primary N) is 1. The van der Waals surface area contributed by atoms with E-state index in [4.69, 9.17) is 39.8 Å². The Bertz CT molecular complexity index is 487. The molecule has 0 aliphatic carbocycles.